The van der Waals surface area contributed by atoms with Crippen LogP contribution in [0.2, 0.25) is 0 Å². The number of carboxylic acid groups (broad SMARTS) is 2. The van der Waals surface area contributed by atoms with Crippen molar-refractivity contribution in [1.29, 1.82) is 0 Å². The van der Waals surface area contributed by atoms with Crippen molar-refractivity contribution in [3.63, 3.8) is 0 Å². The molecule has 0 saturated carbocycles. The van der Waals surface area contributed by atoms with Crippen LogP contribution in [0.5, 0.6) is 11.5 Å². The van der Waals surface area contributed by atoms with Crippen molar-refractivity contribution in [3.8, 4) is 11.5 Å². The van der Waals surface area contributed by atoms with Crippen molar-refractivity contribution in [2.24, 2.45) is 0 Å². The molecule has 0 radical (unpaired) electrons. The second kappa shape index (κ2) is 17.0. The molecule has 0 aliphatic carbocycles. The monoisotopic (exact) mass is 510 g/mol. The predicted octanol–water partition coefficient (Wildman–Crippen LogP) is 7.04. The first-order valence-corrected chi connectivity index (χ1v) is 13.1. The normalized spacial score (nSPS) is 10.9. The Labute approximate surface area is 219 Å². The van der Waals surface area contributed by atoms with E-state index in [0.29, 0.717) is 6.61 Å². The lowest BCUT2D eigenvalue weighted by atomic mass is 10.0. The van der Waals surface area contributed by atoms with Crippen LogP contribution in [0.1, 0.15) is 97.4 Å². The summed E-state index contributed by atoms with van der Waals surface area (Å²) in [5, 5.41) is 18.1. The molecular formula is C30H38O7. The van der Waals surface area contributed by atoms with Gasteiger partial charge in [0.05, 0.1) is 17.7 Å². The first-order valence-electron chi connectivity index (χ1n) is 13.1. The molecule has 0 aliphatic heterocycles. The summed E-state index contributed by atoms with van der Waals surface area (Å²) in [5.74, 6) is -2.12. The Morgan fingerprint density at radius 3 is 2.00 bits per heavy atom. The highest BCUT2D eigenvalue weighted by atomic mass is 16.5. The van der Waals surface area contributed by atoms with E-state index in [1.165, 1.54) is 82.1 Å². The second-order valence-corrected chi connectivity index (χ2v) is 9.00. The van der Waals surface area contributed by atoms with Gasteiger partial charge in [0, 0.05) is 0 Å². The maximum Gasteiger partial charge on any atom is 0.341 e. The van der Waals surface area contributed by atoms with E-state index in [0.717, 1.165) is 17.7 Å². The predicted molar refractivity (Wildman–Crippen MR) is 144 cm³/mol. The number of carbonyl (C=O) groups excluding carboxylic acids is 1. The third-order valence-electron chi connectivity index (χ3n) is 5.92. The second-order valence-electron chi connectivity index (χ2n) is 9.00. The summed E-state index contributed by atoms with van der Waals surface area (Å²) >= 11 is 0. The molecule has 2 aromatic carbocycles. The third-order valence-corrected chi connectivity index (χ3v) is 5.92. The summed E-state index contributed by atoms with van der Waals surface area (Å²) in [6.45, 7) is 2.27. The first kappa shape index (κ1) is 29.6. The first-order chi connectivity index (χ1) is 17.9. The number of aliphatic carboxylic acids is 1. The molecule has 0 fully saturated rings. The lowest BCUT2D eigenvalue weighted by molar-refractivity contribution is -0.139. The van der Waals surface area contributed by atoms with Gasteiger partial charge in [-0.25, -0.2) is 9.59 Å². The summed E-state index contributed by atoms with van der Waals surface area (Å²) < 4.78 is 11.0. The minimum atomic E-state index is -1.20. The summed E-state index contributed by atoms with van der Waals surface area (Å²) in [6.07, 6.45) is 15.6. The van der Waals surface area contributed by atoms with E-state index in [1.807, 2.05) is 24.3 Å². The van der Waals surface area contributed by atoms with Crippen LogP contribution in [0.3, 0.4) is 0 Å². The minimum absolute atomic E-state index is 0.0118. The van der Waals surface area contributed by atoms with E-state index in [9.17, 15) is 19.5 Å². The SMILES string of the molecule is CCCCCCCCCCCCOc1ccc(/C=C/C(=O)c2cc(C(=O)O)ccc2OCC(=O)O)cc1. The lowest BCUT2D eigenvalue weighted by Crippen LogP contribution is -2.12. The fraction of sp³-hybridized carbons (Fsp3) is 0.433. The van der Waals surface area contributed by atoms with E-state index < -0.39 is 24.3 Å². The van der Waals surface area contributed by atoms with E-state index in [-0.39, 0.29) is 16.9 Å². The molecule has 2 N–H and O–H groups in total. The Balaban J connectivity index is 1.79. The van der Waals surface area contributed by atoms with Crippen LogP contribution in [-0.4, -0.2) is 41.1 Å². The molecule has 0 bridgehead atoms. The molecule has 0 heterocycles. The van der Waals surface area contributed by atoms with E-state index in [4.69, 9.17) is 14.6 Å². The largest absolute Gasteiger partial charge is 0.494 e. The fourth-order valence-electron chi connectivity index (χ4n) is 3.84. The molecule has 0 saturated heterocycles. The van der Waals surface area contributed by atoms with Crippen LogP contribution in [0.4, 0.5) is 0 Å². The molecule has 2 rings (SSSR count). The molecule has 0 atom stereocenters. The zero-order valence-corrected chi connectivity index (χ0v) is 21.6. The number of hydrogen-bond acceptors (Lipinski definition) is 5. The molecule has 0 amide bonds. The maximum atomic E-state index is 12.7. The number of allylic oxidation sites excluding steroid dienone is 1. The number of carboxylic acids is 2. The number of hydrogen-bond donors (Lipinski definition) is 2. The van der Waals surface area contributed by atoms with Gasteiger partial charge in [-0.2, -0.15) is 0 Å². The number of ether oxygens (including phenoxy) is 2. The summed E-state index contributed by atoms with van der Waals surface area (Å²) in [4.78, 5) is 34.8. The van der Waals surface area contributed by atoms with Gasteiger partial charge in [-0.1, -0.05) is 82.9 Å². The number of rotatable bonds is 19. The average Bonchev–Trinajstić information content (AvgIpc) is 2.89. The molecule has 0 unspecified atom stereocenters. The van der Waals surface area contributed by atoms with Crippen molar-refractivity contribution in [2.75, 3.05) is 13.2 Å². The Morgan fingerprint density at radius 2 is 1.41 bits per heavy atom. The molecule has 7 heteroatoms. The van der Waals surface area contributed by atoms with Crippen molar-refractivity contribution in [3.05, 3.63) is 65.2 Å². The summed E-state index contributed by atoms with van der Waals surface area (Å²) in [7, 11) is 0. The Hall–Kier alpha value is -3.61. The Morgan fingerprint density at radius 1 is 0.784 bits per heavy atom. The van der Waals surface area contributed by atoms with Gasteiger partial charge in [-0.3, -0.25) is 4.79 Å². The standard InChI is InChI=1S/C30H38O7/c1-2-3-4-5-6-7-8-9-10-11-20-36-25-16-12-23(13-17-25)14-18-27(31)26-21-24(30(34)35)15-19-28(26)37-22-29(32)33/h12-19,21H,2-11,20,22H2,1H3,(H,32,33)(H,34,35)/b18-14+. The molecule has 37 heavy (non-hydrogen) atoms. The lowest BCUT2D eigenvalue weighted by Gasteiger charge is -2.09. The quantitative estimate of drug-likeness (QED) is 0.118. The molecule has 0 aliphatic rings. The molecule has 2 aromatic rings. The van der Waals surface area contributed by atoms with Gasteiger partial charge in [0.25, 0.3) is 0 Å². The zero-order valence-electron chi connectivity index (χ0n) is 21.6. The van der Waals surface area contributed by atoms with Crippen LogP contribution in [-0.2, 0) is 4.79 Å². The van der Waals surface area contributed by atoms with Crippen LogP contribution < -0.4 is 9.47 Å². The van der Waals surface area contributed by atoms with Crippen LogP contribution in [0.15, 0.2) is 48.5 Å². The summed E-state index contributed by atoms with van der Waals surface area (Å²) in [6, 6.07) is 11.1. The van der Waals surface area contributed by atoms with Crippen LogP contribution in [0, 0.1) is 0 Å². The van der Waals surface area contributed by atoms with Crippen molar-refractivity contribution >= 4 is 23.8 Å². The molecule has 0 spiro atoms. The average molecular weight is 511 g/mol. The summed E-state index contributed by atoms with van der Waals surface area (Å²) in [5.41, 5.74) is 0.652. The van der Waals surface area contributed by atoms with E-state index >= 15 is 0 Å². The van der Waals surface area contributed by atoms with Crippen molar-refractivity contribution in [1.82, 2.24) is 0 Å². The number of benzene rings is 2. The molecule has 7 nitrogen and oxygen atoms in total. The zero-order chi connectivity index (χ0) is 26.9. The number of carbonyl (C=O) groups is 3. The number of unbranched alkanes of at least 4 members (excludes halogenated alkanes) is 9. The molecule has 200 valence electrons. The highest BCUT2D eigenvalue weighted by Gasteiger charge is 2.15. The third kappa shape index (κ3) is 11.8. The van der Waals surface area contributed by atoms with Gasteiger partial charge in [0.1, 0.15) is 11.5 Å². The van der Waals surface area contributed by atoms with Gasteiger partial charge in [-0.15, -0.1) is 0 Å². The molecule has 0 aromatic heterocycles. The van der Waals surface area contributed by atoms with Gasteiger partial charge in [0.2, 0.25) is 0 Å². The van der Waals surface area contributed by atoms with E-state index in [2.05, 4.69) is 6.92 Å². The highest BCUT2D eigenvalue weighted by Crippen LogP contribution is 2.22. The van der Waals surface area contributed by atoms with Crippen molar-refractivity contribution < 1.29 is 34.1 Å². The maximum absolute atomic E-state index is 12.7. The Kier molecular flexibility index (Phi) is 13.6. The van der Waals surface area contributed by atoms with Crippen LogP contribution >= 0.6 is 0 Å². The topological polar surface area (TPSA) is 110 Å². The van der Waals surface area contributed by atoms with E-state index in [1.54, 1.807) is 6.08 Å². The van der Waals surface area contributed by atoms with Gasteiger partial charge in [-0.05, 0) is 48.4 Å². The van der Waals surface area contributed by atoms with Crippen molar-refractivity contribution in [2.45, 2.75) is 71.1 Å². The minimum Gasteiger partial charge on any atom is -0.494 e. The molecular weight excluding hydrogens is 472 g/mol. The van der Waals surface area contributed by atoms with Gasteiger partial charge >= 0.3 is 11.9 Å². The fourth-order valence-corrected chi connectivity index (χ4v) is 3.84. The van der Waals surface area contributed by atoms with Gasteiger partial charge in [0.15, 0.2) is 12.4 Å². The Bertz CT molecular complexity index is 1020. The highest BCUT2D eigenvalue weighted by molar-refractivity contribution is 6.09. The van der Waals surface area contributed by atoms with Gasteiger partial charge < -0.3 is 19.7 Å². The smallest absolute Gasteiger partial charge is 0.341 e. The number of aromatic carboxylic acids is 1. The number of ketones is 1. The van der Waals surface area contributed by atoms with Crippen LogP contribution in [0.25, 0.3) is 6.08 Å².